The molecule has 174 valence electrons. The van der Waals surface area contributed by atoms with Gasteiger partial charge in [0.25, 0.3) is 5.91 Å². The fourth-order valence-corrected chi connectivity index (χ4v) is 4.78. The summed E-state index contributed by atoms with van der Waals surface area (Å²) < 4.78 is 5.33. The third-order valence-corrected chi connectivity index (χ3v) is 6.64. The van der Waals surface area contributed by atoms with Gasteiger partial charge < -0.3 is 19.9 Å². The number of carbonyl (C=O) groups is 3. The molecule has 2 aliphatic rings. The number of nitrogens with one attached hydrogen (secondary N) is 1. The summed E-state index contributed by atoms with van der Waals surface area (Å²) in [5.74, 6) is -0.0101. The Morgan fingerprint density at radius 1 is 1.00 bits per heavy atom. The Bertz CT molecular complexity index is 1020. The molecule has 33 heavy (non-hydrogen) atoms. The Kier molecular flexibility index (Phi) is 7.18. The number of hydrogen-bond donors (Lipinski definition) is 1. The van der Waals surface area contributed by atoms with E-state index in [-0.39, 0.29) is 23.6 Å². The Morgan fingerprint density at radius 2 is 1.73 bits per heavy atom. The molecule has 0 aliphatic carbocycles. The summed E-state index contributed by atoms with van der Waals surface area (Å²) in [6.07, 6.45) is 2.60. The molecule has 4 rings (SSSR count). The van der Waals surface area contributed by atoms with Gasteiger partial charge in [-0.15, -0.1) is 0 Å². The summed E-state index contributed by atoms with van der Waals surface area (Å²) in [6.45, 7) is 1.52. The highest BCUT2D eigenvalue weighted by molar-refractivity contribution is 6.31. The molecule has 1 N–H and O–H groups in total. The van der Waals surface area contributed by atoms with Crippen LogP contribution in [0.3, 0.4) is 0 Å². The molecule has 2 heterocycles. The van der Waals surface area contributed by atoms with Crippen molar-refractivity contribution in [3.05, 3.63) is 59.1 Å². The molecule has 0 radical (unpaired) electrons. The highest BCUT2D eigenvalue weighted by atomic mass is 35.5. The van der Waals surface area contributed by atoms with Crippen LogP contribution in [0.25, 0.3) is 0 Å². The smallest absolute Gasteiger partial charge is 0.258 e. The lowest BCUT2D eigenvalue weighted by molar-refractivity contribution is -0.138. The lowest BCUT2D eigenvalue weighted by Gasteiger charge is -2.35. The second-order valence-electron chi connectivity index (χ2n) is 8.46. The molecular weight excluding hydrogens is 442 g/mol. The number of likely N-dealkylation sites (tertiary alicyclic amines) is 2. The number of rotatable bonds is 5. The van der Waals surface area contributed by atoms with Crippen LogP contribution in [-0.2, 0) is 9.59 Å². The van der Waals surface area contributed by atoms with Gasteiger partial charge in [-0.25, -0.2) is 0 Å². The van der Waals surface area contributed by atoms with E-state index in [1.165, 1.54) is 7.11 Å². The summed E-state index contributed by atoms with van der Waals surface area (Å²) >= 11 is 6.10. The first-order valence-corrected chi connectivity index (χ1v) is 11.6. The van der Waals surface area contributed by atoms with E-state index in [1.807, 2.05) is 30.3 Å². The maximum Gasteiger partial charge on any atom is 0.258 e. The molecule has 8 heteroatoms. The van der Waals surface area contributed by atoms with E-state index in [0.29, 0.717) is 55.2 Å². The van der Waals surface area contributed by atoms with Crippen molar-refractivity contribution in [2.75, 3.05) is 32.1 Å². The quantitative estimate of drug-likeness (QED) is 0.721. The number of anilines is 1. The lowest BCUT2D eigenvalue weighted by Crippen LogP contribution is -2.50. The van der Waals surface area contributed by atoms with E-state index < -0.39 is 6.04 Å². The second kappa shape index (κ2) is 10.3. The number of ether oxygens (including phenoxy) is 1. The molecule has 2 saturated heterocycles. The van der Waals surface area contributed by atoms with Crippen molar-refractivity contribution < 1.29 is 19.1 Å². The fraction of sp³-hybridized carbons (Fsp3) is 0.400. The van der Waals surface area contributed by atoms with E-state index >= 15 is 0 Å². The topological polar surface area (TPSA) is 79.0 Å². The van der Waals surface area contributed by atoms with Gasteiger partial charge in [-0.3, -0.25) is 14.4 Å². The molecule has 2 aromatic rings. The Morgan fingerprint density at radius 3 is 2.42 bits per heavy atom. The van der Waals surface area contributed by atoms with Crippen molar-refractivity contribution in [2.24, 2.45) is 5.92 Å². The molecule has 2 fully saturated rings. The average molecular weight is 470 g/mol. The maximum absolute atomic E-state index is 13.3. The van der Waals surface area contributed by atoms with E-state index in [4.69, 9.17) is 16.3 Å². The van der Waals surface area contributed by atoms with Crippen molar-refractivity contribution in [3.63, 3.8) is 0 Å². The van der Waals surface area contributed by atoms with Gasteiger partial charge in [0.05, 0.1) is 12.7 Å². The Labute approximate surface area is 198 Å². The molecule has 0 saturated carbocycles. The van der Waals surface area contributed by atoms with Gasteiger partial charge in [-0.2, -0.15) is 0 Å². The summed E-state index contributed by atoms with van der Waals surface area (Å²) in [6, 6.07) is 13.8. The monoisotopic (exact) mass is 469 g/mol. The molecular formula is C25H28ClN3O4. The third kappa shape index (κ3) is 5.14. The predicted molar refractivity (Wildman–Crippen MR) is 126 cm³/mol. The third-order valence-electron chi connectivity index (χ3n) is 6.41. The number of hydrogen-bond acceptors (Lipinski definition) is 4. The molecule has 0 aromatic heterocycles. The average Bonchev–Trinajstić information content (AvgIpc) is 3.34. The summed E-state index contributed by atoms with van der Waals surface area (Å²) in [5.41, 5.74) is 1.14. The normalized spacial score (nSPS) is 18.8. The number of amides is 3. The standard InChI is InChI=1S/C25H28ClN3O4/c1-33-22-10-9-18(26)16-20(22)24(31)29-13-5-8-21(29)25(32)28-14-11-17(12-15-28)23(30)27-19-6-3-2-4-7-19/h2-4,6-7,9-10,16-17,21H,5,8,11-15H2,1H3,(H,27,30). The number of para-hydroxylation sites is 1. The molecule has 7 nitrogen and oxygen atoms in total. The van der Waals surface area contributed by atoms with Crippen LogP contribution >= 0.6 is 11.6 Å². The van der Waals surface area contributed by atoms with Crippen molar-refractivity contribution in [1.82, 2.24) is 9.80 Å². The van der Waals surface area contributed by atoms with E-state index in [2.05, 4.69) is 5.32 Å². The van der Waals surface area contributed by atoms with Crippen molar-refractivity contribution in [2.45, 2.75) is 31.7 Å². The van der Waals surface area contributed by atoms with Crippen LogP contribution in [0.4, 0.5) is 5.69 Å². The zero-order valence-electron chi connectivity index (χ0n) is 18.6. The number of benzene rings is 2. The second-order valence-corrected chi connectivity index (χ2v) is 8.89. The van der Waals surface area contributed by atoms with Crippen LogP contribution in [0.5, 0.6) is 5.75 Å². The predicted octanol–water partition coefficient (Wildman–Crippen LogP) is 3.83. The fourth-order valence-electron chi connectivity index (χ4n) is 4.61. The van der Waals surface area contributed by atoms with Crippen LogP contribution in [0.2, 0.25) is 5.02 Å². The van der Waals surface area contributed by atoms with Gasteiger partial charge in [0.15, 0.2) is 0 Å². The number of methoxy groups -OCH3 is 1. The minimum absolute atomic E-state index is 0.0148. The van der Waals surface area contributed by atoms with E-state index in [9.17, 15) is 14.4 Å². The van der Waals surface area contributed by atoms with Crippen LogP contribution in [0, 0.1) is 5.92 Å². The van der Waals surface area contributed by atoms with Crippen LogP contribution in [0.15, 0.2) is 48.5 Å². The van der Waals surface area contributed by atoms with Gasteiger partial charge in [0.1, 0.15) is 11.8 Å². The minimum atomic E-state index is -0.504. The van der Waals surface area contributed by atoms with Gasteiger partial charge in [0, 0.05) is 36.3 Å². The number of carbonyl (C=O) groups excluding carboxylic acids is 3. The zero-order chi connectivity index (χ0) is 23.4. The highest BCUT2D eigenvalue weighted by Gasteiger charge is 2.39. The van der Waals surface area contributed by atoms with E-state index in [0.717, 1.165) is 12.1 Å². The number of halogens is 1. The molecule has 0 spiro atoms. The van der Waals surface area contributed by atoms with Gasteiger partial charge >= 0.3 is 0 Å². The molecule has 1 atom stereocenters. The van der Waals surface area contributed by atoms with E-state index in [1.54, 1.807) is 28.0 Å². The van der Waals surface area contributed by atoms with Gasteiger partial charge in [-0.1, -0.05) is 29.8 Å². The van der Waals surface area contributed by atoms with Crippen LogP contribution in [0.1, 0.15) is 36.0 Å². The zero-order valence-corrected chi connectivity index (χ0v) is 19.4. The largest absolute Gasteiger partial charge is 0.496 e. The van der Waals surface area contributed by atoms with Gasteiger partial charge in [0.2, 0.25) is 11.8 Å². The Hall–Kier alpha value is -3.06. The molecule has 0 bridgehead atoms. The first-order valence-electron chi connectivity index (χ1n) is 11.3. The lowest BCUT2D eigenvalue weighted by atomic mass is 9.95. The summed E-state index contributed by atoms with van der Waals surface area (Å²) in [4.78, 5) is 42.6. The van der Waals surface area contributed by atoms with Crippen LogP contribution < -0.4 is 10.1 Å². The van der Waals surface area contributed by atoms with Gasteiger partial charge in [-0.05, 0) is 56.0 Å². The highest BCUT2D eigenvalue weighted by Crippen LogP contribution is 2.29. The van der Waals surface area contributed by atoms with Crippen molar-refractivity contribution >= 4 is 35.0 Å². The van der Waals surface area contributed by atoms with Crippen LogP contribution in [-0.4, -0.2) is 60.3 Å². The maximum atomic E-state index is 13.3. The summed E-state index contributed by atoms with van der Waals surface area (Å²) in [5, 5.41) is 3.39. The minimum Gasteiger partial charge on any atom is -0.496 e. The Balaban J connectivity index is 1.38. The van der Waals surface area contributed by atoms with Crippen molar-refractivity contribution in [1.29, 1.82) is 0 Å². The van der Waals surface area contributed by atoms with Crippen molar-refractivity contribution in [3.8, 4) is 5.75 Å². The molecule has 3 amide bonds. The molecule has 2 aromatic carbocycles. The SMILES string of the molecule is COc1ccc(Cl)cc1C(=O)N1CCCC1C(=O)N1CCC(C(=O)Nc2ccccc2)CC1. The molecule has 2 aliphatic heterocycles. The number of nitrogens with zero attached hydrogens (tertiary/aromatic N) is 2. The molecule has 1 unspecified atom stereocenters. The summed E-state index contributed by atoms with van der Waals surface area (Å²) in [7, 11) is 1.50. The number of piperidine rings is 1. The first-order chi connectivity index (χ1) is 16.0. The first kappa shape index (κ1) is 23.1.